The number of hydrogen-bond acceptors (Lipinski definition) is 5. The fraction of sp³-hybridized carbons (Fsp3) is 0.152. The molecule has 0 bridgehead atoms. The second-order valence-corrected chi connectivity index (χ2v) is 11.5. The average molecular weight is 595 g/mol. The van der Waals surface area contributed by atoms with Crippen LogP contribution in [0.1, 0.15) is 45.7 Å². The summed E-state index contributed by atoms with van der Waals surface area (Å²) in [5.74, 6) is -0.668. The number of aliphatic hydroxyl groups is 1. The number of amides is 1. The number of rotatable bonds is 5. The number of aromatic amines is 1. The van der Waals surface area contributed by atoms with Crippen molar-refractivity contribution in [1.29, 1.82) is 0 Å². The molecule has 4 aromatic carbocycles. The summed E-state index contributed by atoms with van der Waals surface area (Å²) < 4.78 is 2.38. The van der Waals surface area contributed by atoms with Gasteiger partial charge in [0.1, 0.15) is 0 Å². The van der Waals surface area contributed by atoms with Gasteiger partial charge in [-0.05, 0) is 67.8 Å². The lowest BCUT2D eigenvalue weighted by atomic mass is 9.92. The van der Waals surface area contributed by atoms with Gasteiger partial charge in [0, 0.05) is 39.5 Å². The molecular weight excluding hydrogens is 568 g/mol. The number of nitrogens with two attached hydrogens (primary N) is 1. The Balaban J connectivity index is 1.70. The van der Waals surface area contributed by atoms with Crippen molar-refractivity contribution in [2.45, 2.75) is 26.4 Å². The minimum Gasteiger partial charge on any atom is -0.386 e. The molecule has 0 aliphatic rings. The number of carbonyl (C=O) groups excluding carboxylic acids is 2. The second-order valence-electron chi connectivity index (χ2n) is 11.1. The first kappa shape index (κ1) is 28.1. The molecule has 0 spiro atoms. The number of aldehydes is 1. The molecule has 0 fully saturated rings. The Kier molecular flexibility index (Phi) is 6.41. The zero-order valence-corrected chi connectivity index (χ0v) is 24.5. The number of hydrogen-bond donors (Lipinski definition) is 3. The Bertz CT molecular complexity index is 2300. The summed E-state index contributed by atoms with van der Waals surface area (Å²) in [5, 5.41) is 12.4. The van der Waals surface area contributed by atoms with Gasteiger partial charge < -0.3 is 15.8 Å². The van der Waals surface area contributed by atoms with Crippen molar-refractivity contribution >= 4 is 56.5 Å². The molecule has 0 aliphatic carbocycles. The largest absolute Gasteiger partial charge is 0.386 e. The van der Waals surface area contributed by atoms with Gasteiger partial charge in [0.25, 0.3) is 11.5 Å². The van der Waals surface area contributed by atoms with Gasteiger partial charge in [-0.1, -0.05) is 41.9 Å². The highest BCUT2D eigenvalue weighted by molar-refractivity contribution is 6.37. The van der Waals surface area contributed by atoms with Crippen LogP contribution in [0, 0.1) is 6.92 Å². The Morgan fingerprint density at radius 3 is 2.44 bits per heavy atom. The molecule has 0 radical (unpaired) electrons. The molecule has 2 aromatic heterocycles. The van der Waals surface area contributed by atoms with Crippen LogP contribution in [-0.4, -0.2) is 31.4 Å². The molecule has 10 heteroatoms. The number of nitrogens with zero attached hydrogens (tertiary/aromatic N) is 2. The highest BCUT2D eigenvalue weighted by Gasteiger charge is 2.24. The predicted octanol–water partition coefficient (Wildman–Crippen LogP) is 5.09. The SMILES string of the molecule is Cc1c(-c2c(Cl)cc(C(N)=O)c3[nH]c4cc(C(C)(C)O)ccc4c23)cccc1-n1c(=O)c2cccc(C=O)c2n(C)c1=O. The summed E-state index contributed by atoms with van der Waals surface area (Å²) in [6.07, 6.45) is 0.617. The van der Waals surface area contributed by atoms with E-state index in [0.29, 0.717) is 50.6 Å². The molecule has 9 nitrogen and oxygen atoms in total. The summed E-state index contributed by atoms with van der Waals surface area (Å²) in [4.78, 5) is 54.8. The number of para-hydroxylation sites is 1. The maximum absolute atomic E-state index is 13.7. The zero-order chi connectivity index (χ0) is 31.0. The first-order valence-corrected chi connectivity index (χ1v) is 13.8. The fourth-order valence-electron chi connectivity index (χ4n) is 5.89. The first-order chi connectivity index (χ1) is 20.3. The van der Waals surface area contributed by atoms with E-state index in [-0.39, 0.29) is 27.1 Å². The maximum Gasteiger partial charge on any atom is 0.335 e. The molecule has 43 heavy (non-hydrogen) atoms. The van der Waals surface area contributed by atoms with E-state index in [1.54, 1.807) is 57.2 Å². The quantitative estimate of drug-likeness (QED) is 0.238. The van der Waals surface area contributed by atoms with E-state index in [0.717, 1.165) is 9.95 Å². The molecule has 0 unspecified atom stereocenters. The lowest BCUT2D eigenvalue weighted by molar-refractivity contribution is 0.0787. The second kappa shape index (κ2) is 9.79. The minimum absolute atomic E-state index is 0.198. The van der Waals surface area contributed by atoms with Gasteiger partial charge in [-0.25, -0.2) is 9.36 Å². The highest BCUT2D eigenvalue weighted by Crippen LogP contribution is 2.43. The van der Waals surface area contributed by atoms with Crippen molar-refractivity contribution in [2.75, 3.05) is 0 Å². The van der Waals surface area contributed by atoms with Crippen LogP contribution in [0.25, 0.3) is 49.5 Å². The number of halogens is 1. The van der Waals surface area contributed by atoms with Gasteiger partial charge >= 0.3 is 5.69 Å². The van der Waals surface area contributed by atoms with E-state index >= 15 is 0 Å². The monoisotopic (exact) mass is 594 g/mol. The van der Waals surface area contributed by atoms with Crippen molar-refractivity contribution in [3.05, 3.63) is 109 Å². The molecule has 6 aromatic rings. The number of H-pyrrole nitrogens is 1. The number of aromatic nitrogens is 3. The molecular formula is C33H27ClN4O5. The third kappa shape index (κ3) is 4.19. The number of primary amides is 1. The van der Waals surface area contributed by atoms with Crippen molar-refractivity contribution < 1.29 is 14.7 Å². The van der Waals surface area contributed by atoms with Crippen molar-refractivity contribution in [3.63, 3.8) is 0 Å². The number of benzene rings is 4. The topological polar surface area (TPSA) is 140 Å². The molecule has 0 aliphatic heterocycles. The molecule has 216 valence electrons. The Labute approximate surface area is 249 Å². The summed E-state index contributed by atoms with van der Waals surface area (Å²) in [6.45, 7) is 5.15. The first-order valence-electron chi connectivity index (χ1n) is 13.5. The summed E-state index contributed by atoms with van der Waals surface area (Å²) in [5.41, 5.74) is 8.12. The van der Waals surface area contributed by atoms with Crippen molar-refractivity contribution in [1.82, 2.24) is 14.1 Å². The van der Waals surface area contributed by atoms with Crippen LogP contribution < -0.4 is 17.0 Å². The van der Waals surface area contributed by atoms with Crippen LogP contribution in [0.15, 0.2) is 70.3 Å². The molecule has 4 N–H and O–H groups in total. The molecule has 0 saturated heterocycles. The zero-order valence-electron chi connectivity index (χ0n) is 23.8. The van der Waals surface area contributed by atoms with E-state index < -0.39 is 22.8 Å². The van der Waals surface area contributed by atoms with Gasteiger partial charge in [0.2, 0.25) is 0 Å². The summed E-state index contributed by atoms with van der Waals surface area (Å²) >= 11 is 6.89. The van der Waals surface area contributed by atoms with Gasteiger partial charge in [-0.15, -0.1) is 0 Å². The van der Waals surface area contributed by atoms with Crippen molar-refractivity contribution in [3.8, 4) is 16.8 Å². The lowest BCUT2D eigenvalue weighted by Crippen LogP contribution is -2.38. The smallest absolute Gasteiger partial charge is 0.335 e. The molecule has 0 saturated carbocycles. The van der Waals surface area contributed by atoms with Gasteiger partial charge in [-0.2, -0.15) is 0 Å². The predicted molar refractivity (Wildman–Crippen MR) is 168 cm³/mol. The minimum atomic E-state index is -1.10. The van der Waals surface area contributed by atoms with E-state index in [1.807, 2.05) is 18.2 Å². The molecule has 6 rings (SSSR count). The fourth-order valence-corrected chi connectivity index (χ4v) is 6.20. The Morgan fingerprint density at radius 1 is 1.05 bits per heavy atom. The van der Waals surface area contributed by atoms with Crippen LogP contribution in [0.5, 0.6) is 0 Å². The number of fused-ring (bicyclic) bond motifs is 4. The van der Waals surface area contributed by atoms with Gasteiger partial charge in [-0.3, -0.25) is 19.0 Å². The molecule has 0 atom stereocenters. The van der Waals surface area contributed by atoms with Crippen LogP contribution in [-0.2, 0) is 12.6 Å². The maximum atomic E-state index is 13.7. The van der Waals surface area contributed by atoms with Gasteiger partial charge in [0.05, 0.1) is 33.3 Å². The normalized spacial score (nSPS) is 12.0. The van der Waals surface area contributed by atoms with Crippen molar-refractivity contribution in [2.24, 2.45) is 12.8 Å². The van der Waals surface area contributed by atoms with Crippen LogP contribution >= 0.6 is 11.6 Å². The Hall–Kier alpha value is -4.99. The third-order valence-corrected chi connectivity index (χ3v) is 8.35. The Morgan fingerprint density at radius 2 is 1.77 bits per heavy atom. The van der Waals surface area contributed by atoms with Crippen LogP contribution in [0.4, 0.5) is 0 Å². The van der Waals surface area contributed by atoms with Gasteiger partial charge in [0.15, 0.2) is 6.29 Å². The van der Waals surface area contributed by atoms with E-state index in [1.165, 1.54) is 17.7 Å². The van der Waals surface area contributed by atoms with E-state index in [2.05, 4.69) is 4.98 Å². The summed E-state index contributed by atoms with van der Waals surface area (Å²) in [6, 6.07) is 16.9. The third-order valence-electron chi connectivity index (χ3n) is 8.06. The lowest BCUT2D eigenvalue weighted by Gasteiger charge is -2.18. The van der Waals surface area contributed by atoms with Crippen LogP contribution in [0.2, 0.25) is 5.02 Å². The van der Waals surface area contributed by atoms with E-state index in [9.17, 15) is 24.3 Å². The number of aryl methyl sites for hydroxylation is 1. The van der Waals surface area contributed by atoms with Crippen LogP contribution in [0.3, 0.4) is 0 Å². The summed E-state index contributed by atoms with van der Waals surface area (Å²) in [7, 11) is 1.52. The standard InChI is InChI=1S/C33H27ClN4O5/c1-16-19(8-6-10-25(16)38-31(41)21-9-5-7-17(15-39)29(21)37(4)32(38)42)26-23(34)14-22(30(35)40)28-27(26)20-12-11-18(33(2,3)43)13-24(20)36-28/h5-15,36,43H,1-4H3,(H2,35,40). The van der Waals surface area contributed by atoms with E-state index in [4.69, 9.17) is 17.3 Å². The number of carbonyl (C=O) groups is 2. The number of nitrogens with one attached hydrogen (secondary N) is 1. The highest BCUT2D eigenvalue weighted by atomic mass is 35.5. The molecule has 2 heterocycles. The average Bonchev–Trinajstić information content (AvgIpc) is 3.34. The molecule has 1 amide bonds.